The molecule has 0 amide bonds. The highest BCUT2D eigenvalue weighted by molar-refractivity contribution is 5.09. The number of aromatic amines is 1. The van der Waals surface area contributed by atoms with Crippen molar-refractivity contribution in [3.05, 3.63) is 17.7 Å². The lowest BCUT2D eigenvalue weighted by Gasteiger charge is -2.32. The van der Waals surface area contributed by atoms with E-state index in [0.717, 1.165) is 38.5 Å². The van der Waals surface area contributed by atoms with Crippen molar-refractivity contribution in [3.8, 4) is 0 Å². The molecule has 4 heteroatoms. The highest BCUT2D eigenvalue weighted by Crippen LogP contribution is 2.32. The standard InChI is InChI=1S/C15H26N4/c1-12(19-8-6-16-7-9-19)10-15-17-11-14(18-15)13-4-2-3-5-13/h11-13,16H,2-10H2,1H3,(H,17,18). The second kappa shape index (κ2) is 6.06. The van der Waals surface area contributed by atoms with Crippen LogP contribution in [0.25, 0.3) is 0 Å². The molecule has 19 heavy (non-hydrogen) atoms. The van der Waals surface area contributed by atoms with Crippen molar-refractivity contribution in [2.75, 3.05) is 26.2 Å². The van der Waals surface area contributed by atoms with E-state index in [-0.39, 0.29) is 0 Å². The van der Waals surface area contributed by atoms with Gasteiger partial charge in [-0.15, -0.1) is 0 Å². The van der Waals surface area contributed by atoms with Crippen LogP contribution in [-0.4, -0.2) is 47.1 Å². The Morgan fingerprint density at radius 3 is 2.79 bits per heavy atom. The van der Waals surface area contributed by atoms with Crippen LogP contribution in [-0.2, 0) is 6.42 Å². The zero-order valence-corrected chi connectivity index (χ0v) is 12.0. The summed E-state index contributed by atoms with van der Waals surface area (Å²) < 4.78 is 0. The molecule has 4 nitrogen and oxygen atoms in total. The lowest BCUT2D eigenvalue weighted by Crippen LogP contribution is -2.48. The first kappa shape index (κ1) is 13.1. The molecule has 1 atom stereocenters. The van der Waals surface area contributed by atoms with Crippen LogP contribution in [0, 0.1) is 0 Å². The average molecular weight is 262 g/mol. The van der Waals surface area contributed by atoms with Crippen molar-refractivity contribution in [1.29, 1.82) is 0 Å². The van der Waals surface area contributed by atoms with Crippen molar-refractivity contribution in [2.24, 2.45) is 0 Å². The van der Waals surface area contributed by atoms with Crippen molar-refractivity contribution in [2.45, 2.75) is 51.0 Å². The van der Waals surface area contributed by atoms with E-state index < -0.39 is 0 Å². The summed E-state index contributed by atoms with van der Waals surface area (Å²) in [4.78, 5) is 10.7. The summed E-state index contributed by atoms with van der Waals surface area (Å²) in [6, 6.07) is 0.588. The monoisotopic (exact) mass is 262 g/mol. The van der Waals surface area contributed by atoms with Gasteiger partial charge in [-0.2, -0.15) is 0 Å². The molecule has 106 valence electrons. The van der Waals surface area contributed by atoms with E-state index in [9.17, 15) is 0 Å². The van der Waals surface area contributed by atoms with Crippen LogP contribution in [0.2, 0.25) is 0 Å². The highest BCUT2D eigenvalue weighted by atomic mass is 15.2. The van der Waals surface area contributed by atoms with Gasteiger partial charge in [0.25, 0.3) is 0 Å². The van der Waals surface area contributed by atoms with Crippen LogP contribution < -0.4 is 5.32 Å². The lowest BCUT2D eigenvalue weighted by molar-refractivity contribution is 0.182. The van der Waals surface area contributed by atoms with Crippen LogP contribution in [0.1, 0.15) is 50.0 Å². The van der Waals surface area contributed by atoms with E-state index >= 15 is 0 Å². The Bertz CT molecular complexity index is 389. The minimum absolute atomic E-state index is 0.588. The third kappa shape index (κ3) is 3.18. The number of aromatic nitrogens is 2. The Balaban J connectivity index is 1.56. The Hall–Kier alpha value is -0.870. The Morgan fingerprint density at radius 1 is 1.32 bits per heavy atom. The molecular weight excluding hydrogens is 236 g/mol. The Labute approximate surface area is 116 Å². The quantitative estimate of drug-likeness (QED) is 0.871. The Morgan fingerprint density at radius 2 is 2.05 bits per heavy atom. The zero-order valence-electron chi connectivity index (χ0n) is 12.0. The molecule has 1 aromatic rings. The highest BCUT2D eigenvalue weighted by Gasteiger charge is 2.21. The van der Waals surface area contributed by atoms with Gasteiger partial charge in [0.15, 0.2) is 0 Å². The van der Waals surface area contributed by atoms with E-state index in [1.165, 1.54) is 37.2 Å². The molecular formula is C15H26N4. The van der Waals surface area contributed by atoms with Crippen molar-refractivity contribution >= 4 is 0 Å². The van der Waals surface area contributed by atoms with Crippen molar-refractivity contribution in [1.82, 2.24) is 20.2 Å². The summed E-state index contributed by atoms with van der Waals surface area (Å²) in [5, 5.41) is 3.41. The van der Waals surface area contributed by atoms with Gasteiger partial charge in [-0.05, 0) is 19.8 Å². The molecule has 1 saturated carbocycles. The third-order valence-electron chi connectivity index (χ3n) is 4.71. The van der Waals surface area contributed by atoms with Crippen LogP contribution in [0.3, 0.4) is 0 Å². The second-order valence-corrected chi connectivity index (χ2v) is 6.11. The SMILES string of the molecule is CC(Cc1ncc(C2CCCC2)[nH]1)N1CCNCC1. The number of piperazine rings is 1. The minimum Gasteiger partial charge on any atom is -0.346 e. The molecule has 0 bridgehead atoms. The van der Waals surface area contributed by atoms with Crippen LogP contribution in [0.4, 0.5) is 0 Å². The average Bonchev–Trinajstić information content (AvgIpc) is 3.10. The summed E-state index contributed by atoms with van der Waals surface area (Å²) in [7, 11) is 0. The number of hydrogen-bond donors (Lipinski definition) is 2. The van der Waals surface area contributed by atoms with Gasteiger partial charge in [-0.25, -0.2) is 4.98 Å². The number of nitrogens with zero attached hydrogens (tertiary/aromatic N) is 2. The Kier molecular flexibility index (Phi) is 4.18. The summed E-state index contributed by atoms with van der Waals surface area (Å²) in [6.07, 6.45) is 8.58. The first-order valence-electron chi connectivity index (χ1n) is 7.81. The van der Waals surface area contributed by atoms with Gasteiger partial charge in [0.05, 0.1) is 0 Å². The predicted molar refractivity (Wildman–Crippen MR) is 77.4 cm³/mol. The molecule has 0 aromatic carbocycles. The van der Waals surface area contributed by atoms with Crippen LogP contribution in [0.5, 0.6) is 0 Å². The largest absolute Gasteiger partial charge is 0.346 e. The molecule has 1 saturated heterocycles. The van der Waals surface area contributed by atoms with E-state index in [0.29, 0.717) is 6.04 Å². The number of imidazole rings is 1. The normalized spacial score (nSPS) is 23.8. The molecule has 1 unspecified atom stereocenters. The van der Waals surface area contributed by atoms with Crippen molar-refractivity contribution in [3.63, 3.8) is 0 Å². The fourth-order valence-corrected chi connectivity index (χ4v) is 3.46. The molecule has 2 N–H and O–H groups in total. The van der Waals surface area contributed by atoms with E-state index in [1.54, 1.807) is 0 Å². The zero-order chi connectivity index (χ0) is 13.1. The van der Waals surface area contributed by atoms with Gasteiger partial charge in [-0.1, -0.05) is 12.8 Å². The third-order valence-corrected chi connectivity index (χ3v) is 4.71. The molecule has 0 radical (unpaired) electrons. The summed E-state index contributed by atoms with van der Waals surface area (Å²) in [5.41, 5.74) is 1.38. The molecule has 2 fully saturated rings. The van der Waals surface area contributed by atoms with Gasteiger partial charge < -0.3 is 10.3 Å². The smallest absolute Gasteiger partial charge is 0.107 e. The van der Waals surface area contributed by atoms with Crippen molar-refractivity contribution < 1.29 is 0 Å². The van der Waals surface area contributed by atoms with Gasteiger partial charge in [0, 0.05) is 56.5 Å². The topological polar surface area (TPSA) is 44.0 Å². The molecule has 1 aliphatic carbocycles. The maximum absolute atomic E-state index is 4.60. The summed E-state index contributed by atoms with van der Waals surface area (Å²) in [6.45, 7) is 6.89. The summed E-state index contributed by atoms with van der Waals surface area (Å²) >= 11 is 0. The molecule has 0 spiro atoms. The van der Waals surface area contributed by atoms with Gasteiger partial charge in [0.1, 0.15) is 5.82 Å². The number of nitrogens with one attached hydrogen (secondary N) is 2. The lowest BCUT2D eigenvalue weighted by atomic mass is 10.1. The fraction of sp³-hybridized carbons (Fsp3) is 0.800. The predicted octanol–water partition coefficient (Wildman–Crippen LogP) is 1.90. The molecule has 2 heterocycles. The molecule has 2 aliphatic rings. The van der Waals surface area contributed by atoms with E-state index in [2.05, 4.69) is 33.3 Å². The first-order chi connectivity index (χ1) is 9.33. The number of H-pyrrole nitrogens is 1. The number of rotatable bonds is 4. The summed E-state index contributed by atoms with van der Waals surface area (Å²) in [5.74, 6) is 1.92. The van der Waals surface area contributed by atoms with Crippen LogP contribution in [0.15, 0.2) is 6.20 Å². The maximum atomic E-state index is 4.60. The van der Waals surface area contributed by atoms with Gasteiger partial charge >= 0.3 is 0 Å². The van der Waals surface area contributed by atoms with E-state index in [4.69, 9.17) is 0 Å². The van der Waals surface area contributed by atoms with E-state index in [1.807, 2.05) is 0 Å². The van der Waals surface area contributed by atoms with Crippen LogP contribution >= 0.6 is 0 Å². The molecule has 1 aliphatic heterocycles. The second-order valence-electron chi connectivity index (χ2n) is 6.11. The number of hydrogen-bond acceptors (Lipinski definition) is 3. The molecule has 1 aromatic heterocycles. The van der Waals surface area contributed by atoms with Gasteiger partial charge in [0.2, 0.25) is 0 Å². The minimum atomic E-state index is 0.588. The first-order valence-corrected chi connectivity index (χ1v) is 7.81. The van der Waals surface area contributed by atoms with Gasteiger partial charge in [-0.3, -0.25) is 4.90 Å². The fourth-order valence-electron chi connectivity index (χ4n) is 3.46. The molecule has 3 rings (SSSR count). The maximum Gasteiger partial charge on any atom is 0.107 e.